The number of hydrogen-bond donors (Lipinski definition) is 0. The van der Waals surface area contributed by atoms with Crippen LogP contribution in [-0.4, -0.2) is 78.4 Å². The van der Waals surface area contributed by atoms with Gasteiger partial charge in [-0.25, -0.2) is 23.4 Å². The Kier molecular flexibility index (Phi) is 7.99. The van der Waals surface area contributed by atoms with Crippen molar-refractivity contribution in [3.63, 3.8) is 0 Å². The number of sulfonamides is 1. The fourth-order valence-electron chi connectivity index (χ4n) is 5.03. The highest BCUT2D eigenvalue weighted by molar-refractivity contribution is 7.88. The number of rotatable bonds is 8. The Bertz CT molecular complexity index is 1310. The summed E-state index contributed by atoms with van der Waals surface area (Å²) >= 11 is 0. The molecule has 0 amide bonds. The van der Waals surface area contributed by atoms with Gasteiger partial charge in [0.25, 0.3) is 0 Å². The summed E-state index contributed by atoms with van der Waals surface area (Å²) in [5.41, 5.74) is 3.26. The molecular formula is C27H35N5O4S. The molecule has 198 valence electrons. The molecule has 0 aromatic carbocycles. The van der Waals surface area contributed by atoms with Crippen molar-refractivity contribution in [3.05, 3.63) is 47.4 Å². The monoisotopic (exact) mass is 525 g/mol. The smallest absolute Gasteiger partial charge is 0.250 e. The van der Waals surface area contributed by atoms with Crippen molar-refractivity contribution in [2.24, 2.45) is 4.99 Å². The minimum atomic E-state index is -3.26. The van der Waals surface area contributed by atoms with Crippen LogP contribution in [0.25, 0.3) is 17.5 Å². The van der Waals surface area contributed by atoms with E-state index in [-0.39, 0.29) is 6.10 Å². The first-order chi connectivity index (χ1) is 17.9. The fraction of sp³-hybridized carbons (Fsp3) is 0.519. The van der Waals surface area contributed by atoms with Crippen LogP contribution in [0, 0.1) is 0 Å². The van der Waals surface area contributed by atoms with Crippen LogP contribution < -0.4 is 0 Å². The van der Waals surface area contributed by atoms with Crippen LogP contribution in [0.1, 0.15) is 49.5 Å². The van der Waals surface area contributed by atoms with E-state index in [0.717, 1.165) is 48.6 Å². The lowest BCUT2D eigenvalue weighted by Crippen LogP contribution is -2.34. The van der Waals surface area contributed by atoms with Crippen LogP contribution in [0.5, 0.6) is 0 Å². The minimum absolute atomic E-state index is 0.121. The molecule has 0 bridgehead atoms. The lowest BCUT2D eigenvalue weighted by atomic mass is 10.0. The standard InChI is InChI=1S/C27H35N5O4S/c1-3-6-20-18-28-27(29-22-7-9-23(10-8-22)35-16-15-31-12-4-5-13-31)30-26(20)25-17-21-19-32(37(2,33)34)14-11-24(21)36-25/h3,6-7,9,17-18,23H,4-5,8,10-16,19H2,1-2H3. The summed E-state index contributed by atoms with van der Waals surface area (Å²) in [5, 5.41) is 0. The van der Waals surface area contributed by atoms with Crippen LogP contribution in [0.15, 0.2) is 39.9 Å². The molecule has 37 heavy (non-hydrogen) atoms. The number of aromatic nitrogens is 2. The molecule has 1 unspecified atom stereocenters. The van der Waals surface area contributed by atoms with E-state index >= 15 is 0 Å². The SMILES string of the molecule is CC=Cc1cnc(N=C2C=CC(OCCN3CCCC3)CC2)nc1-c1cc2c(o1)CCN(S(C)(=O)=O)C2. The zero-order valence-electron chi connectivity index (χ0n) is 21.6. The Labute approximate surface area is 219 Å². The molecule has 2 aromatic rings. The maximum absolute atomic E-state index is 12.0. The van der Waals surface area contributed by atoms with E-state index in [1.165, 1.54) is 36.5 Å². The second-order valence-corrected chi connectivity index (χ2v) is 11.8. The molecule has 0 spiro atoms. The predicted molar refractivity (Wildman–Crippen MR) is 144 cm³/mol. The van der Waals surface area contributed by atoms with E-state index in [0.29, 0.717) is 36.9 Å². The van der Waals surface area contributed by atoms with E-state index in [4.69, 9.17) is 19.1 Å². The molecule has 10 heteroatoms. The summed E-state index contributed by atoms with van der Waals surface area (Å²) in [7, 11) is -3.26. The lowest BCUT2D eigenvalue weighted by Gasteiger charge is -2.23. The zero-order chi connectivity index (χ0) is 25.8. The summed E-state index contributed by atoms with van der Waals surface area (Å²) in [6.07, 6.45) is 15.9. The van der Waals surface area contributed by atoms with Gasteiger partial charge in [-0.1, -0.05) is 18.2 Å². The molecule has 0 radical (unpaired) electrons. The third kappa shape index (κ3) is 6.43. The van der Waals surface area contributed by atoms with Crippen molar-refractivity contribution in [1.29, 1.82) is 0 Å². The molecule has 1 saturated heterocycles. The van der Waals surface area contributed by atoms with Crippen LogP contribution in [0.4, 0.5) is 5.95 Å². The normalized spacial score (nSPS) is 22.3. The Morgan fingerprint density at radius 3 is 2.81 bits per heavy atom. The quantitative estimate of drug-likeness (QED) is 0.514. The predicted octanol–water partition coefficient (Wildman–Crippen LogP) is 3.99. The average Bonchev–Trinajstić information content (AvgIpc) is 3.55. The summed E-state index contributed by atoms with van der Waals surface area (Å²) < 4.78 is 37.7. The van der Waals surface area contributed by atoms with Crippen LogP contribution in [0.2, 0.25) is 0 Å². The summed E-state index contributed by atoms with van der Waals surface area (Å²) in [5.74, 6) is 1.78. The van der Waals surface area contributed by atoms with Gasteiger partial charge in [-0.3, -0.25) is 0 Å². The van der Waals surface area contributed by atoms with Gasteiger partial charge in [0.15, 0.2) is 5.76 Å². The maximum Gasteiger partial charge on any atom is 0.250 e. The average molecular weight is 526 g/mol. The molecule has 2 aliphatic heterocycles. The van der Waals surface area contributed by atoms with E-state index < -0.39 is 10.0 Å². The number of nitrogens with zero attached hydrogens (tertiary/aromatic N) is 5. The molecule has 5 rings (SSSR count). The molecule has 1 atom stereocenters. The highest BCUT2D eigenvalue weighted by Crippen LogP contribution is 2.32. The van der Waals surface area contributed by atoms with Gasteiger partial charge in [0, 0.05) is 49.1 Å². The van der Waals surface area contributed by atoms with Gasteiger partial charge in [-0.2, -0.15) is 4.31 Å². The second-order valence-electron chi connectivity index (χ2n) is 9.84. The van der Waals surface area contributed by atoms with Gasteiger partial charge >= 0.3 is 0 Å². The van der Waals surface area contributed by atoms with Crippen molar-refractivity contribution in [3.8, 4) is 11.5 Å². The number of likely N-dealkylation sites (tertiary alicyclic amines) is 1. The van der Waals surface area contributed by atoms with Crippen molar-refractivity contribution in [1.82, 2.24) is 19.2 Å². The second kappa shape index (κ2) is 11.4. The van der Waals surface area contributed by atoms with Gasteiger partial charge in [-0.05, 0) is 57.8 Å². The van der Waals surface area contributed by atoms with E-state index in [1.54, 1.807) is 6.20 Å². The number of ether oxygens (including phenoxy) is 1. The Morgan fingerprint density at radius 1 is 1.24 bits per heavy atom. The highest BCUT2D eigenvalue weighted by atomic mass is 32.2. The third-order valence-corrected chi connectivity index (χ3v) is 8.30. The first-order valence-electron chi connectivity index (χ1n) is 13.1. The largest absolute Gasteiger partial charge is 0.459 e. The van der Waals surface area contributed by atoms with E-state index in [2.05, 4.69) is 16.0 Å². The third-order valence-electron chi connectivity index (χ3n) is 7.05. The maximum atomic E-state index is 12.0. The van der Waals surface area contributed by atoms with Crippen molar-refractivity contribution in [2.75, 3.05) is 39.0 Å². The molecule has 1 aliphatic carbocycles. The number of hydrogen-bond acceptors (Lipinski definition) is 8. The molecule has 3 aliphatic rings. The van der Waals surface area contributed by atoms with Gasteiger partial charge in [0.1, 0.15) is 11.5 Å². The molecule has 4 heterocycles. The summed E-state index contributed by atoms with van der Waals surface area (Å²) in [6, 6.07) is 1.89. The number of fused-ring (bicyclic) bond motifs is 1. The first-order valence-corrected chi connectivity index (χ1v) is 14.9. The van der Waals surface area contributed by atoms with Gasteiger partial charge in [0.2, 0.25) is 16.0 Å². The van der Waals surface area contributed by atoms with Crippen LogP contribution >= 0.6 is 0 Å². The van der Waals surface area contributed by atoms with Crippen LogP contribution in [-0.2, 0) is 27.7 Å². The topological polar surface area (TPSA) is 101 Å². The van der Waals surface area contributed by atoms with Gasteiger partial charge in [0.05, 0.1) is 19.0 Å². The minimum Gasteiger partial charge on any atom is -0.459 e. The molecule has 0 saturated carbocycles. The van der Waals surface area contributed by atoms with Gasteiger partial charge in [-0.15, -0.1) is 0 Å². The fourth-order valence-corrected chi connectivity index (χ4v) is 5.83. The Hall–Kier alpha value is -2.66. The van der Waals surface area contributed by atoms with Crippen molar-refractivity contribution in [2.45, 2.75) is 51.7 Å². The lowest BCUT2D eigenvalue weighted by molar-refractivity contribution is 0.0645. The highest BCUT2D eigenvalue weighted by Gasteiger charge is 2.27. The molecule has 0 N–H and O–H groups in total. The first kappa shape index (κ1) is 26.0. The number of allylic oxidation sites excluding steroid dienone is 2. The summed E-state index contributed by atoms with van der Waals surface area (Å²) in [6.45, 7) is 6.80. The molecule has 2 aromatic heterocycles. The molecular weight excluding hydrogens is 490 g/mol. The van der Waals surface area contributed by atoms with E-state index in [9.17, 15) is 8.42 Å². The van der Waals surface area contributed by atoms with E-state index in [1.807, 2.05) is 31.2 Å². The Morgan fingerprint density at radius 2 is 2.08 bits per heavy atom. The molecule has 1 fully saturated rings. The summed E-state index contributed by atoms with van der Waals surface area (Å²) in [4.78, 5) is 16.4. The Balaban J connectivity index is 1.30. The van der Waals surface area contributed by atoms with Crippen molar-refractivity contribution < 1.29 is 17.6 Å². The van der Waals surface area contributed by atoms with Crippen molar-refractivity contribution >= 4 is 27.8 Å². The zero-order valence-corrected chi connectivity index (χ0v) is 22.4. The number of furan rings is 1. The molecule has 9 nitrogen and oxygen atoms in total. The van der Waals surface area contributed by atoms with Crippen LogP contribution in [0.3, 0.4) is 0 Å². The van der Waals surface area contributed by atoms with Gasteiger partial charge < -0.3 is 14.1 Å². The number of aliphatic imine (C=N–C) groups is 1.